The molecule has 0 aromatic heterocycles. The van der Waals surface area contributed by atoms with E-state index >= 15 is 0 Å². The quantitative estimate of drug-likeness (QED) is 0.845. The molecule has 3 rings (SSSR count). The average molecular weight is 393 g/mol. The van der Waals surface area contributed by atoms with E-state index in [1.54, 1.807) is 54.5 Å². The van der Waals surface area contributed by atoms with E-state index in [1.807, 2.05) is 0 Å². The summed E-state index contributed by atoms with van der Waals surface area (Å²) >= 11 is 12.0. The Hall–Kier alpha value is -2.24. The zero-order chi connectivity index (χ0) is 18.7. The van der Waals surface area contributed by atoms with E-state index in [1.165, 1.54) is 0 Å². The molecule has 0 unspecified atom stereocenters. The van der Waals surface area contributed by atoms with E-state index in [0.29, 0.717) is 40.0 Å². The van der Waals surface area contributed by atoms with Crippen LogP contribution in [-0.2, 0) is 4.79 Å². The maximum Gasteiger partial charge on any atom is 0.254 e. The monoisotopic (exact) mass is 392 g/mol. The van der Waals surface area contributed by atoms with Gasteiger partial charge in [0.15, 0.2) is 0 Å². The molecule has 1 aliphatic heterocycles. The predicted molar refractivity (Wildman–Crippen MR) is 102 cm³/mol. The number of carbonyl (C=O) groups excluding carboxylic acids is 2. The third-order valence-electron chi connectivity index (χ3n) is 4.32. The molecular weight excluding hydrogens is 375 g/mol. The zero-order valence-corrected chi connectivity index (χ0v) is 15.7. The lowest BCUT2D eigenvalue weighted by Gasteiger charge is -2.24. The van der Waals surface area contributed by atoms with E-state index < -0.39 is 6.04 Å². The number of rotatable bonds is 4. The molecule has 0 aliphatic carbocycles. The standard InChI is InChI=1S/C19H18Cl2N2O3/c1-26-14-5-2-4-12(10-14)19(25)23-9-3-6-17(23)18(24)22-16-8-7-13(20)11-15(16)21/h2,4-5,7-8,10-11,17H,3,6,9H2,1H3,(H,22,24)/t17-/m0/s1. The van der Waals surface area contributed by atoms with Crippen LogP contribution in [0.4, 0.5) is 5.69 Å². The highest BCUT2D eigenvalue weighted by Gasteiger charge is 2.34. The van der Waals surface area contributed by atoms with Gasteiger partial charge in [0, 0.05) is 17.1 Å². The Balaban J connectivity index is 1.76. The molecule has 1 heterocycles. The van der Waals surface area contributed by atoms with E-state index in [9.17, 15) is 9.59 Å². The number of hydrogen-bond acceptors (Lipinski definition) is 3. The maximum atomic E-state index is 12.8. The summed E-state index contributed by atoms with van der Waals surface area (Å²) in [7, 11) is 1.55. The number of nitrogens with zero attached hydrogens (tertiary/aromatic N) is 1. The van der Waals surface area contributed by atoms with Crippen LogP contribution in [0, 0.1) is 0 Å². The molecule has 136 valence electrons. The van der Waals surface area contributed by atoms with Crippen LogP contribution in [0.25, 0.3) is 0 Å². The van der Waals surface area contributed by atoms with Crippen LogP contribution in [-0.4, -0.2) is 36.4 Å². The first kappa shape index (κ1) is 18.5. The second-order valence-electron chi connectivity index (χ2n) is 6.00. The number of ether oxygens (including phenoxy) is 1. The largest absolute Gasteiger partial charge is 0.497 e. The Kier molecular flexibility index (Phi) is 5.69. The Morgan fingerprint density at radius 1 is 1.19 bits per heavy atom. The van der Waals surface area contributed by atoms with Crippen LogP contribution in [0.5, 0.6) is 5.75 Å². The molecule has 5 nitrogen and oxygen atoms in total. The highest BCUT2D eigenvalue weighted by atomic mass is 35.5. The first-order chi connectivity index (χ1) is 12.5. The van der Waals surface area contributed by atoms with E-state index in [-0.39, 0.29) is 11.8 Å². The van der Waals surface area contributed by atoms with Crippen molar-refractivity contribution in [2.24, 2.45) is 0 Å². The van der Waals surface area contributed by atoms with Crippen molar-refractivity contribution >= 4 is 40.7 Å². The molecule has 0 radical (unpaired) electrons. The SMILES string of the molecule is COc1cccc(C(=O)N2CCC[C@H]2C(=O)Nc2ccc(Cl)cc2Cl)c1. The highest BCUT2D eigenvalue weighted by molar-refractivity contribution is 6.36. The van der Waals surface area contributed by atoms with Crippen molar-refractivity contribution in [3.8, 4) is 5.75 Å². The van der Waals surface area contributed by atoms with E-state index in [0.717, 1.165) is 6.42 Å². The number of carbonyl (C=O) groups is 2. The highest BCUT2D eigenvalue weighted by Crippen LogP contribution is 2.27. The summed E-state index contributed by atoms with van der Waals surface area (Å²) in [6, 6.07) is 11.2. The molecule has 0 spiro atoms. The second kappa shape index (κ2) is 7.98. The molecule has 2 amide bonds. The Morgan fingerprint density at radius 2 is 2.00 bits per heavy atom. The van der Waals surface area contributed by atoms with Gasteiger partial charge in [-0.2, -0.15) is 0 Å². The van der Waals surface area contributed by atoms with Crippen molar-refractivity contribution in [3.63, 3.8) is 0 Å². The molecule has 2 aromatic rings. The van der Waals surface area contributed by atoms with Crippen LogP contribution < -0.4 is 10.1 Å². The van der Waals surface area contributed by atoms with Gasteiger partial charge in [0.05, 0.1) is 17.8 Å². The minimum absolute atomic E-state index is 0.191. The number of benzene rings is 2. The molecule has 1 aliphatic rings. The third kappa shape index (κ3) is 3.94. The van der Waals surface area contributed by atoms with Crippen LogP contribution in [0.2, 0.25) is 10.0 Å². The van der Waals surface area contributed by atoms with Gasteiger partial charge in [0.1, 0.15) is 11.8 Å². The first-order valence-corrected chi connectivity index (χ1v) is 8.96. The number of amides is 2. The fourth-order valence-corrected chi connectivity index (χ4v) is 3.47. The molecular formula is C19H18Cl2N2O3. The summed E-state index contributed by atoms with van der Waals surface area (Å²) in [5, 5.41) is 3.64. The van der Waals surface area contributed by atoms with Crippen LogP contribution >= 0.6 is 23.2 Å². The summed E-state index contributed by atoms with van der Waals surface area (Å²) in [5.74, 6) is 0.149. The fourth-order valence-electron chi connectivity index (χ4n) is 3.01. The molecule has 0 saturated carbocycles. The van der Waals surface area contributed by atoms with Crippen LogP contribution in [0.15, 0.2) is 42.5 Å². The second-order valence-corrected chi connectivity index (χ2v) is 6.85. The number of hydrogen-bond donors (Lipinski definition) is 1. The molecule has 1 atom stereocenters. The Bertz CT molecular complexity index is 841. The lowest BCUT2D eigenvalue weighted by atomic mass is 10.1. The number of likely N-dealkylation sites (tertiary alicyclic amines) is 1. The lowest BCUT2D eigenvalue weighted by Crippen LogP contribution is -2.43. The van der Waals surface area contributed by atoms with Gasteiger partial charge in [-0.05, 0) is 49.2 Å². The average Bonchev–Trinajstić information content (AvgIpc) is 3.13. The number of anilines is 1. The van der Waals surface area contributed by atoms with Gasteiger partial charge in [0.25, 0.3) is 5.91 Å². The Morgan fingerprint density at radius 3 is 2.73 bits per heavy atom. The molecule has 0 bridgehead atoms. The van der Waals surface area contributed by atoms with Gasteiger partial charge in [-0.25, -0.2) is 0 Å². The van der Waals surface area contributed by atoms with E-state index in [2.05, 4.69) is 5.32 Å². The smallest absolute Gasteiger partial charge is 0.254 e. The molecule has 26 heavy (non-hydrogen) atoms. The summed E-state index contributed by atoms with van der Waals surface area (Å²) in [4.78, 5) is 27.1. The lowest BCUT2D eigenvalue weighted by molar-refractivity contribution is -0.119. The Labute approximate surface area is 161 Å². The van der Waals surface area contributed by atoms with Crippen molar-refractivity contribution in [3.05, 3.63) is 58.1 Å². The van der Waals surface area contributed by atoms with Crippen molar-refractivity contribution in [2.75, 3.05) is 19.0 Å². The predicted octanol–water partition coefficient (Wildman–Crippen LogP) is 4.25. The van der Waals surface area contributed by atoms with Crippen LogP contribution in [0.3, 0.4) is 0 Å². The first-order valence-electron chi connectivity index (χ1n) is 8.20. The molecule has 1 fully saturated rings. The van der Waals surface area contributed by atoms with Crippen molar-refractivity contribution in [1.29, 1.82) is 0 Å². The van der Waals surface area contributed by atoms with Crippen molar-refractivity contribution < 1.29 is 14.3 Å². The fraction of sp³-hybridized carbons (Fsp3) is 0.263. The van der Waals surface area contributed by atoms with Gasteiger partial charge >= 0.3 is 0 Å². The van der Waals surface area contributed by atoms with Crippen LogP contribution in [0.1, 0.15) is 23.2 Å². The molecule has 7 heteroatoms. The van der Waals surface area contributed by atoms with Gasteiger partial charge in [0.2, 0.25) is 5.91 Å². The van der Waals surface area contributed by atoms with Gasteiger partial charge in [-0.1, -0.05) is 29.3 Å². The summed E-state index contributed by atoms with van der Waals surface area (Å²) in [5.41, 5.74) is 0.968. The summed E-state index contributed by atoms with van der Waals surface area (Å²) in [6.07, 6.45) is 1.37. The minimum Gasteiger partial charge on any atom is -0.497 e. The van der Waals surface area contributed by atoms with Crippen molar-refractivity contribution in [1.82, 2.24) is 4.90 Å². The summed E-state index contributed by atoms with van der Waals surface area (Å²) in [6.45, 7) is 0.530. The maximum absolute atomic E-state index is 12.8. The van der Waals surface area contributed by atoms with Gasteiger partial charge in [-0.15, -0.1) is 0 Å². The minimum atomic E-state index is -0.541. The molecule has 1 saturated heterocycles. The normalized spacial score (nSPS) is 16.4. The topological polar surface area (TPSA) is 58.6 Å². The van der Waals surface area contributed by atoms with Gasteiger partial charge in [-0.3, -0.25) is 9.59 Å². The number of methoxy groups -OCH3 is 1. The third-order valence-corrected chi connectivity index (χ3v) is 4.87. The van der Waals surface area contributed by atoms with Gasteiger partial charge < -0.3 is 15.0 Å². The van der Waals surface area contributed by atoms with E-state index in [4.69, 9.17) is 27.9 Å². The molecule has 2 aromatic carbocycles. The molecule has 1 N–H and O–H groups in total. The van der Waals surface area contributed by atoms with Crippen molar-refractivity contribution in [2.45, 2.75) is 18.9 Å². The number of halogens is 2. The summed E-state index contributed by atoms with van der Waals surface area (Å²) < 4.78 is 5.17. The zero-order valence-electron chi connectivity index (χ0n) is 14.2. The number of nitrogens with one attached hydrogen (secondary N) is 1.